The van der Waals surface area contributed by atoms with Gasteiger partial charge in [0, 0.05) is 12.5 Å². The second kappa shape index (κ2) is 6.38. The molecular formula is C16H20N2O. The highest BCUT2D eigenvalue weighted by atomic mass is 16.1. The topological polar surface area (TPSA) is 52.9 Å². The van der Waals surface area contributed by atoms with Crippen LogP contribution in [0.3, 0.4) is 0 Å². The van der Waals surface area contributed by atoms with E-state index in [2.05, 4.69) is 11.4 Å². The smallest absolute Gasteiger partial charge is 0.221 e. The molecule has 1 atom stereocenters. The summed E-state index contributed by atoms with van der Waals surface area (Å²) in [6.45, 7) is 2.00. The van der Waals surface area contributed by atoms with Crippen molar-refractivity contribution in [2.75, 3.05) is 0 Å². The Morgan fingerprint density at radius 1 is 1.47 bits per heavy atom. The number of rotatable bonds is 4. The van der Waals surface area contributed by atoms with E-state index >= 15 is 0 Å². The van der Waals surface area contributed by atoms with Crippen molar-refractivity contribution < 1.29 is 4.79 Å². The molecule has 1 fully saturated rings. The van der Waals surface area contributed by atoms with Crippen LogP contribution in [0.15, 0.2) is 24.3 Å². The lowest BCUT2D eigenvalue weighted by Gasteiger charge is -2.14. The standard InChI is InChI=1S/C16H20N2O/c1-12-5-4-6-13(9-12)14(11-17)10-16(19)18-15-7-2-3-8-15/h4-6,9,14-15H,2-3,7-8,10H2,1H3,(H,18,19). The Kier molecular flexibility index (Phi) is 4.57. The zero-order valence-corrected chi connectivity index (χ0v) is 11.4. The SMILES string of the molecule is Cc1cccc(C(C#N)CC(=O)NC2CCCC2)c1. The van der Waals surface area contributed by atoms with Gasteiger partial charge in [-0.15, -0.1) is 0 Å². The highest BCUT2D eigenvalue weighted by molar-refractivity contribution is 5.77. The predicted octanol–water partition coefficient (Wildman–Crippen LogP) is 3.05. The van der Waals surface area contributed by atoms with Crippen molar-refractivity contribution in [2.24, 2.45) is 0 Å². The zero-order chi connectivity index (χ0) is 13.7. The lowest BCUT2D eigenvalue weighted by Crippen LogP contribution is -2.33. The molecule has 3 nitrogen and oxygen atoms in total. The Bertz CT molecular complexity index is 484. The molecule has 100 valence electrons. The monoisotopic (exact) mass is 256 g/mol. The maximum absolute atomic E-state index is 12.0. The Morgan fingerprint density at radius 3 is 2.84 bits per heavy atom. The van der Waals surface area contributed by atoms with E-state index in [1.807, 2.05) is 31.2 Å². The molecule has 0 saturated heterocycles. The van der Waals surface area contributed by atoms with Gasteiger partial charge in [0.25, 0.3) is 0 Å². The van der Waals surface area contributed by atoms with E-state index < -0.39 is 0 Å². The van der Waals surface area contributed by atoms with E-state index in [9.17, 15) is 10.1 Å². The molecule has 19 heavy (non-hydrogen) atoms. The summed E-state index contributed by atoms with van der Waals surface area (Å²) in [5.41, 5.74) is 2.05. The fourth-order valence-electron chi connectivity index (χ4n) is 2.67. The molecule has 0 heterocycles. The van der Waals surface area contributed by atoms with Gasteiger partial charge in [0.1, 0.15) is 0 Å². The normalized spacial score (nSPS) is 16.8. The van der Waals surface area contributed by atoms with Crippen molar-refractivity contribution in [1.82, 2.24) is 5.32 Å². The van der Waals surface area contributed by atoms with Crippen LogP contribution in [0.5, 0.6) is 0 Å². The first-order chi connectivity index (χ1) is 9.19. The average molecular weight is 256 g/mol. The van der Waals surface area contributed by atoms with E-state index in [0.717, 1.165) is 24.0 Å². The summed E-state index contributed by atoms with van der Waals surface area (Å²) >= 11 is 0. The van der Waals surface area contributed by atoms with Crippen LogP contribution in [0.1, 0.15) is 49.1 Å². The Balaban J connectivity index is 1.95. The number of amides is 1. The van der Waals surface area contributed by atoms with Gasteiger partial charge in [-0.05, 0) is 25.3 Å². The summed E-state index contributed by atoms with van der Waals surface area (Å²) < 4.78 is 0. The number of nitrogens with zero attached hydrogens (tertiary/aromatic N) is 1. The highest BCUT2D eigenvalue weighted by Gasteiger charge is 2.20. The zero-order valence-electron chi connectivity index (χ0n) is 11.4. The summed E-state index contributed by atoms with van der Waals surface area (Å²) in [6.07, 6.45) is 4.81. The van der Waals surface area contributed by atoms with Crippen molar-refractivity contribution in [3.63, 3.8) is 0 Å². The van der Waals surface area contributed by atoms with Gasteiger partial charge in [-0.2, -0.15) is 5.26 Å². The maximum atomic E-state index is 12.0. The number of carbonyl (C=O) groups is 1. The first kappa shape index (κ1) is 13.6. The number of hydrogen-bond acceptors (Lipinski definition) is 2. The van der Waals surface area contributed by atoms with E-state index in [0.29, 0.717) is 6.04 Å². The van der Waals surface area contributed by atoms with Gasteiger partial charge in [-0.1, -0.05) is 42.7 Å². The molecule has 3 heteroatoms. The van der Waals surface area contributed by atoms with Gasteiger partial charge in [0.05, 0.1) is 12.0 Å². The van der Waals surface area contributed by atoms with Gasteiger partial charge in [0.2, 0.25) is 5.91 Å². The minimum Gasteiger partial charge on any atom is -0.353 e. The number of benzene rings is 1. The van der Waals surface area contributed by atoms with Crippen LogP contribution in [-0.4, -0.2) is 11.9 Å². The van der Waals surface area contributed by atoms with E-state index in [1.54, 1.807) is 0 Å². The van der Waals surface area contributed by atoms with Crippen molar-refractivity contribution in [2.45, 2.75) is 51.0 Å². The molecule has 1 N–H and O–H groups in total. The minimum atomic E-state index is -0.346. The van der Waals surface area contributed by atoms with Crippen molar-refractivity contribution in [3.05, 3.63) is 35.4 Å². The third-order valence-electron chi connectivity index (χ3n) is 3.71. The van der Waals surface area contributed by atoms with Crippen LogP contribution < -0.4 is 5.32 Å². The largest absolute Gasteiger partial charge is 0.353 e. The molecule has 1 saturated carbocycles. The molecule has 1 aliphatic carbocycles. The minimum absolute atomic E-state index is 0.0000406. The summed E-state index contributed by atoms with van der Waals surface area (Å²) in [5, 5.41) is 12.3. The number of aryl methyl sites for hydroxylation is 1. The van der Waals surface area contributed by atoms with Gasteiger partial charge in [-0.25, -0.2) is 0 Å². The first-order valence-corrected chi connectivity index (χ1v) is 6.94. The molecule has 1 unspecified atom stereocenters. The third kappa shape index (κ3) is 3.82. The van der Waals surface area contributed by atoms with E-state index in [4.69, 9.17) is 0 Å². The quantitative estimate of drug-likeness (QED) is 0.900. The summed E-state index contributed by atoms with van der Waals surface area (Å²) in [7, 11) is 0. The Morgan fingerprint density at radius 2 is 2.21 bits per heavy atom. The van der Waals surface area contributed by atoms with Gasteiger partial charge < -0.3 is 5.32 Å². The molecule has 0 aliphatic heterocycles. The first-order valence-electron chi connectivity index (χ1n) is 6.94. The Labute approximate surface area is 114 Å². The molecule has 1 aromatic carbocycles. The summed E-state index contributed by atoms with van der Waals surface area (Å²) in [4.78, 5) is 12.0. The fourth-order valence-corrected chi connectivity index (χ4v) is 2.67. The lowest BCUT2D eigenvalue weighted by molar-refractivity contribution is -0.121. The second-order valence-electron chi connectivity index (χ2n) is 5.35. The van der Waals surface area contributed by atoms with Gasteiger partial charge in [-0.3, -0.25) is 4.79 Å². The number of hydrogen-bond donors (Lipinski definition) is 1. The average Bonchev–Trinajstić information content (AvgIpc) is 2.88. The van der Waals surface area contributed by atoms with Crippen LogP contribution in [0, 0.1) is 18.3 Å². The predicted molar refractivity (Wildman–Crippen MR) is 74.5 cm³/mol. The van der Waals surface area contributed by atoms with Crippen molar-refractivity contribution >= 4 is 5.91 Å². The van der Waals surface area contributed by atoms with Crippen LogP contribution in [0.4, 0.5) is 0 Å². The molecule has 2 rings (SSSR count). The number of nitrogens with one attached hydrogen (secondary N) is 1. The number of carbonyl (C=O) groups excluding carboxylic acids is 1. The molecule has 0 radical (unpaired) electrons. The van der Waals surface area contributed by atoms with Crippen LogP contribution >= 0.6 is 0 Å². The van der Waals surface area contributed by atoms with Crippen LogP contribution in [0.2, 0.25) is 0 Å². The summed E-state index contributed by atoms with van der Waals surface area (Å²) in [5.74, 6) is -0.346. The highest BCUT2D eigenvalue weighted by Crippen LogP contribution is 2.21. The molecule has 0 bridgehead atoms. The summed E-state index contributed by atoms with van der Waals surface area (Å²) in [6, 6.07) is 10.4. The molecule has 0 spiro atoms. The van der Waals surface area contributed by atoms with E-state index in [-0.39, 0.29) is 18.2 Å². The molecule has 1 aliphatic rings. The fraction of sp³-hybridized carbons (Fsp3) is 0.500. The second-order valence-corrected chi connectivity index (χ2v) is 5.35. The van der Waals surface area contributed by atoms with Crippen LogP contribution in [0.25, 0.3) is 0 Å². The lowest BCUT2D eigenvalue weighted by atomic mass is 9.95. The molecule has 0 aromatic heterocycles. The third-order valence-corrected chi connectivity index (χ3v) is 3.71. The maximum Gasteiger partial charge on any atom is 0.221 e. The van der Waals surface area contributed by atoms with Crippen LogP contribution in [-0.2, 0) is 4.79 Å². The van der Waals surface area contributed by atoms with E-state index in [1.165, 1.54) is 12.8 Å². The molecule has 1 amide bonds. The van der Waals surface area contributed by atoms with Gasteiger partial charge in [0.15, 0.2) is 0 Å². The van der Waals surface area contributed by atoms with Gasteiger partial charge >= 0.3 is 0 Å². The number of nitriles is 1. The van der Waals surface area contributed by atoms with Crippen molar-refractivity contribution in [3.8, 4) is 6.07 Å². The molecular weight excluding hydrogens is 236 g/mol. The molecule has 1 aromatic rings. The van der Waals surface area contributed by atoms with Crippen molar-refractivity contribution in [1.29, 1.82) is 5.26 Å². The Hall–Kier alpha value is -1.82.